The largest absolute Gasteiger partial charge is 0.463 e. The Kier molecular flexibility index (Phi) is 4.98. The highest BCUT2D eigenvalue weighted by Gasteiger charge is 2.10. The topological polar surface area (TPSA) is 38.8 Å². The molecule has 1 aliphatic heterocycles. The van der Waals surface area contributed by atoms with Crippen molar-refractivity contribution >= 4 is 17.7 Å². The summed E-state index contributed by atoms with van der Waals surface area (Å²) in [5.74, 6) is -0.306. The van der Waals surface area contributed by atoms with Gasteiger partial charge in [0.2, 0.25) is 0 Å². The van der Waals surface area contributed by atoms with Crippen molar-refractivity contribution in [2.45, 2.75) is 6.92 Å². The Morgan fingerprint density at radius 2 is 2.21 bits per heavy atom. The van der Waals surface area contributed by atoms with E-state index in [0.29, 0.717) is 6.61 Å². The number of morpholine rings is 1. The molecular weight excluding hydrogens is 242 g/mol. The van der Waals surface area contributed by atoms with Crippen LogP contribution in [-0.2, 0) is 14.3 Å². The van der Waals surface area contributed by atoms with Crippen molar-refractivity contribution in [1.82, 2.24) is 0 Å². The lowest BCUT2D eigenvalue weighted by Crippen LogP contribution is -2.36. The SMILES string of the molecule is CCOC(=O)/C=C/c1cccc(N2CCOCC2)c1. The standard InChI is InChI=1S/C15H19NO3/c1-2-19-15(17)7-6-13-4-3-5-14(12-13)16-8-10-18-11-9-16/h3-7,12H,2,8-11H2,1H3/b7-6+. The van der Waals surface area contributed by atoms with Crippen LogP contribution in [0.3, 0.4) is 0 Å². The Hall–Kier alpha value is -1.81. The van der Waals surface area contributed by atoms with Gasteiger partial charge in [0.25, 0.3) is 0 Å². The summed E-state index contributed by atoms with van der Waals surface area (Å²) >= 11 is 0. The Bertz CT molecular complexity index is 450. The van der Waals surface area contributed by atoms with Gasteiger partial charge in [-0.3, -0.25) is 0 Å². The van der Waals surface area contributed by atoms with Crippen molar-refractivity contribution in [2.24, 2.45) is 0 Å². The summed E-state index contributed by atoms with van der Waals surface area (Å²) in [6.07, 6.45) is 3.24. The van der Waals surface area contributed by atoms with Crippen LogP contribution in [0, 0.1) is 0 Å². The van der Waals surface area contributed by atoms with E-state index in [9.17, 15) is 4.79 Å². The molecule has 0 aromatic heterocycles. The summed E-state index contributed by atoms with van der Waals surface area (Å²) in [6.45, 7) is 5.55. The van der Waals surface area contributed by atoms with E-state index in [-0.39, 0.29) is 5.97 Å². The van der Waals surface area contributed by atoms with Crippen molar-refractivity contribution in [3.63, 3.8) is 0 Å². The molecule has 0 unspecified atom stereocenters. The highest BCUT2D eigenvalue weighted by Crippen LogP contribution is 2.18. The van der Waals surface area contributed by atoms with E-state index < -0.39 is 0 Å². The third-order valence-corrected chi connectivity index (χ3v) is 2.94. The van der Waals surface area contributed by atoms with Gasteiger partial charge >= 0.3 is 5.97 Å². The normalized spacial score (nSPS) is 15.7. The maximum Gasteiger partial charge on any atom is 0.330 e. The Morgan fingerprint density at radius 3 is 2.95 bits per heavy atom. The molecule has 1 aromatic carbocycles. The van der Waals surface area contributed by atoms with Gasteiger partial charge < -0.3 is 14.4 Å². The monoisotopic (exact) mass is 261 g/mol. The number of nitrogens with zero attached hydrogens (tertiary/aromatic N) is 1. The van der Waals surface area contributed by atoms with Crippen LogP contribution < -0.4 is 4.90 Å². The van der Waals surface area contributed by atoms with Gasteiger partial charge in [0, 0.05) is 24.9 Å². The fourth-order valence-corrected chi connectivity index (χ4v) is 2.00. The molecule has 1 aliphatic rings. The van der Waals surface area contributed by atoms with Gasteiger partial charge in [0.15, 0.2) is 0 Å². The lowest BCUT2D eigenvalue weighted by Gasteiger charge is -2.29. The zero-order valence-corrected chi connectivity index (χ0v) is 11.2. The maximum absolute atomic E-state index is 11.3. The zero-order valence-electron chi connectivity index (χ0n) is 11.2. The average molecular weight is 261 g/mol. The van der Waals surface area contributed by atoms with Crippen LogP contribution in [-0.4, -0.2) is 38.9 Å². The molecule has 1 fully saturated rings. The van der Waals surface area contributed by atoms with Gasteiger partial charge in [-0.25, -0.2) is 4.79 Å². The number of carbonyl (C=O) groups excluding carboxylic acids is 1. The first-order valence-corrected chi connectivity index (χ1v) is 6.57. The molecule has 0 radical (unpaired) electrons. The van der Waals surface area contributed by atoms with Crippen LogP contribution in [0.25, 0.3) is 6.08 Å². The van der Waals surface area contributed by atoms with E-state index in [0.717, 1.165) is 37.6 Å². The number of hydrogen-bond acceptors (Lipinski definition) is 4. The minimum atomic E-state index is -0.306. The lowest BCUT2D eigenvalue weighted by atomic mass is 10.1. The number of hydrogen-bond donors (Lipinski definition) is 0. The lowest BCUT2D eigenvalue weighted by molar-refractivity contribution is -0.137. The number of carbonyl (C=O) groups is 1. The third-order valence-electron chi connectivity index (χ3n) is 2.94. The molecule has 0 atom stereocenters. The second kappa shape index (κ2) is 6.95. The Morgan fingerprint density at radius 1 is 1.42 bits per heavy atom. The number of ether oxygens (including phenoxy) is 2. The molecule has 1 aromatic rings. The fourth-order valence-electron chi connectivity index (χ4n) is 2.00. The molecule has 0 saturated carbocycles. The minimum absolute atomic E-state index is 0.306. The van der Waals surface area contributed by atoms with Crippen LogP contribution in [0.2, 0.25) is 0 Å². The van der Waals surface area contributed by atoms with Gasteiger partial charge in [-0.15, -0.1) is 0 Å². The highest BCUT2D eigenvalue weighted by atomic mass is 16.5. The Balaban J connectivity index is 2.04. The van der Waals surface area contributed by atoms with E-state index in [1.807, 2.05) is 12.1 Å². The molecule has 0 N–H and O–H groups in total. The molecule has 4 nitrogen and oxygen atoms in total. The van der Waals surface area contributed by atoms with Gasteiger partial charge in [-0.05, 0) is 30.7 Å². The quantitative estimate of drug-likeness (QED) is 0.614. The zero-order chi connectivity index (χ0) is 13.5. The molecule has 0 spiro atoms. The predicted octanol–water partition coefficient (Wildman–Crippen LogP) is 2.10. The number of rotatable bonds is 4. The highest BCUT2D eigenvalue weighted by molar-refractivity contribution is 5.87. The van der Waals surface area contributed by atoms with Crippen LogP contribution in [0.5, 0.6) is 0 Å². The van der Waals surface area contributed by atoms with Crippen LogP contribution in [0.4, 0.5) is 5.69 Å². The fraction of sp³-hybridized carbons (Fsp3) is 0.400. The average Bonchev–Trinajstić information content (AvgIpc) is 2.47. The first-order valence-electron chi connectivity index (χ1n) is 6.57. The molecule has 0 amide bonds. The molecule has 102 valence electrons. The van der Waals surface area contributed by atoms with Crippen LogP contribution >= 0.6 is 0 Å². The van der Waals surface area contributed by atoms with Gasteiger partial charge in [0.05, 0.1) is 19.8 Å². The number of benzene rings is 1. The minimum Gasteiger partial charge on any atom is -0.463 e. The van der Waals surface area contributed by atoms with Crippen molar-refractivity contribution in [3.05, 3.63) is 35.9 Å². The van der Waals surface area contributed by atoms with Gasteiger partial charge in [-0.1, -0.05) is 12.1 Å². The van der Waals surface area contributed by atoms with E-state index in [1.54, 1.807) is 13.0 Å². The van der Waals surface area contributed by atoms with Crippen molar-refractivity contribution in [3.8, 4) is 0 Å². The van der Waals surface area contributed by atoms with E-state index in [2.05, 4.69) is 17.0 Å². The number of esters is 1. The third kappa shape index (κ3) is 4.10. The second-order valence-electron chi connectivity index (χ2n) is 4.28. The van der Waals surface area contributed by atoms with E-state index >= 15 is 0 Å². The molecular formula is C15H19NO3. The summed E-state index contributed by atoms with van der Waals surface area (Å²) in [5, 5.41) is 0. The molecule has 0 bridgehead atoms. The van der Waals surface area contributed by atoms with E-state index in [4.69, 9.17) is 9.47 Å². The summed E-state index contributed by atoms with van der Waals surface area (Å²) in [7, 11) is 0. The molecule has 4 heteroatoms. The van der Waals surface area contributed by atoms with Crippen LogP contribution in [0.1, 0.15) is 12.5 Å². The van der Waals surface area contributed by atoms with E-state index in [1.165, 1.54) is 6.08 Å². The van der Waals surface area contributed by atoms with Crippen LogP contribution in [0.15, 0.2) is 30.3 Å². The molecule has 0 aliphatic carbocycles. The van der Waals surface area contributed by atoms with Crippen molar-refractivity contribution in [1.29, 1.82) is 0 Å². The van der Waals surface area contributed by atoms with Gasteiger partial charge in [-0.2, -0.15) is 0 Å². The predicted molar refractivity (Wildman–Crippen MR) is 75.1 cm³/mol. The van der Waals surface area contributed by atoms with Crippen molar-refractivity contribution < 1.29 is 14.3 Å². The number of anilines is 1. The summed E-state index contributed by atoms with van der Waals surface area (Å²) in [4.78, 5) is 13.5. The summed E-state index contributed by atoms with van der Waals surface area (Å²) < 4.78 is 10.2. The molecule has 1 heterocycles. The maximum atomic E-state index is 11.3. The first kappa shape index (κ1) is 13.6. The Labute approximate surface area is 113 Å². The first-order chi connectivity index (χ1) is 9.29. The summed E-state index contributed by atoms with van der Waals surface area (Å²) in [6, 6.07) is 8.11. The molecule has 2 rings (SSSR count). The second-order valence-corrected chi connectivity index (χ2v) is 4.28. The molecule has 19 heavy (non-hydrogen) atoms. The van der Waals surface area contributed by atoms with Crippen molar-refractivity contribution in [2.75, 3.05) is 37.8 Å². The smallest absolute Gasteiger partial charge is 0.330 e. The van der Waals surface area contributed by atoms with Gasteiger partial charge in [0.1, 0.15) is 0 Å². The summed E-state index contributed by atoms with van der Waals surface area (Å²) in [5.41, 5.74) is 2.16. The molecule has 1 saturated heterocycles.